The third-order valence-electron chi connectivity index (χ3n) is 10.2. The topological polar surface area (TPSA) is 195 Å². The second-order valence-corrected chi connectivity index (χ2v) is 12.0. The summed E-state index contributed by atoms with van der Waals surface area (Å²) >= 11 is 0. The fourth-order valence-corrected chi connectivity index (χ4v) is 7.54. The van der Waals surface area contributed by atoms with Crippen molar-refractivity contribution in [3.63, 3.8) is 0 Å². The van der Waals surface area contributed by atoms with Gasteiger partial charge in [0.25, 0.3) is 5.91 Å². The Hall–Kier alpha value is -3.38. The molecule has 1 aromatic rings. The second-order valence-electron chi connectivity index (χ2n) is 12.0. The van der Waals surface area contributed by atoms with Gasteiger partial charge < -0.3 is 20.7 Å². The summed E-state index contributed by atoms with van der Waals surface area (Å²) in [6, 6.07) is 0.907. The van der Waals surface area contributed by atoms with E-state index in [0.717, 1.165) is 12.3 Å². The third kappa shape index (κ3) is 4.29. The van der Waals surface area contributed by atoms with E-state index >= 15 is 0 Å². The van der Waals surface area contributed by atoms with E-state index in [1.54, 1.807) is 6.08 Å². The van der Waals surface area contributed by atoms with Gasteiger partial charge in [-0.05, 0) is 42.9 Å². The van der Waals surface area contributed by atoms with Gasteiger partial charge in [0.05, 0.1) is 16.6 Å². The molecule has 1 aromatic heterocycles. The predicted molar refractivity (Wildman–Crippen MR) is 139 cm³/mol. The van der Waals surface area contributed by atoms with Crippen LogP contribution in [-0.2, 0) is 9.53 Å². The first kappa shape index (κ1) is 28.6. The van der Waals surface area contributed by atoms with Crippen molar-refractivity contribution in [2.45, 2.75) is 71.7 Å². The van der Waals surface area contributed by atoms with Crippen LogP contribution in [0.5, 0.6) is 0 Å². The highest BCUT2D eigenvalue weighted by Crippen LogP contribution is 2.68. The largest absolute Gasteiger partial charge is 0.445 e. The van der Waals surface area contributed by atoms with E-state index in [-0.39, 0.29) is 41.8 Å². The molecule has 0 aliphatic heterocycles. The summed E-state index contributed by atoms with van der Waals surface area (Å²) in [5.74, 6) is -2.81. The number of hydrogen-bond donors (Lipinski definition) is 4. The number of nitrogens with two attached hydrogens (primary N) is 1. The van der Waals surface area contributed by atoms with Gasteiger partial charge in [-0.15, -0.1) is 6.58 Å². The first-order valence-corrected chi connectivity index (χ1v) is 13.1. The van der Waals surface area contributed by atoms with Crippen LogP contribution in [0.4, 0.5) is 16.3 Å². The molecule has 0 aromatic carbocycles. The van der Waals surface area contributed by atoms with Crippen molar-refractivity contribution in [1.29, 1.82) is 0 Å². The Morgan fingerprint density at radius 1 is 1.31 bits per heavy atom. The first-order valence-electron chi connectivity index (χ1n) is 13.1. The zero-order chi connectivity index (χ0) is 29.1. The maximum Gasteiger partial charge on any atom is 0.414 e. The Bertz CT molecular complexity index is 1240. The number of aliphatic hydroxyl groups is 2. The molecule has 39 heavy (non-hydrogen) atoms. The number of nitro groups is 1. The fourth-order valence-electron chi connectivity index (χ4n) is 7.54. The van der Waals surface area contributed by atoms with Crippen LogP contribution in [0, 0.1) is 44.1 Å². The molecule has 212 valence electrons. The first-order chi connectivity index (χ1) is 18.1. The molecule has 2 bridgehead atoms. The van der Waals surface area contributed by atoms with E-state index in [9.17, 15) is 34.7 Å². The molecule has 12 nitrogen and oxygen atoms in total. The molecular formula is C27H36N4O8. The van der Waals surface area contributed by atoms with Crippen LogP contribution in [-0.4, -0.2) is 56.2 Å². The number of nitrogen functional groups attached to an aromatic ring is 1. The van der Waals surface area contributed by atoms with Gasteiger partial charge in [-0.3, -0.25) is 25.0 Å². The molecule has 4 rings (SSSR count). The number of anilines is 1. The van der Waals surface area contributed by atoms with Gasteiger partial charge in [0, 0.05) is 29.0 Å². The second kappa shape index (κ2) is 9.67. The summed E-state index contributed by atoms with van der Waals surface area (Å²) in [5, 5.41) is 35.6. The molecule has 1 heterocycles. The lowest BCUT2D eigenvalue weighted by Gasteiger charge is -2.61. The molecule has 9 atom stereocenters. The van der Waals surface area contributed by atoms with Crippen LogP contribution >= 0.6 is 0 Å². The number of nitrogens with one attached hydrogen (secondary N) is 1. The minimum Gasteiger partial charge on any atom is -0.445 e. The lowest BCUT2D eigenvalue weighted by Crippen LogP contribution is -2.63. The molecule has 3 aliphatic rings. The number of ketones is 1. The molecule has 2 unspecified atom stereocenters. The normalized spacial score (nSPS) is 39.6. The molecule has 3 saturated carbocycles. The van der Waals surface area contributed by atoms with Gasteiger partial charge in [0.15, 0.2) is 5.78 Å². The number of carbonyl (C=O) groups is 3. The predicted octanol–water partition coefficient (Wildman–Crippen LogP) is 2.77. The van der Waals surface area contributed by atoms with Gasteiger partial charge in [0.1, 0.15) is 12.2 Å². The summed E-state index contributed by atoms with van der Waals surface area (Å²) in [5.41, 5.74) is 2.10. The molecule has 0 spiro atoms. The minimum atomic E-state index is -1.19. The number of ether oxygens (including phenoxy) is 1. The van der Waals surface area contributed by atoms with Crippen LogP contribution in [0.3, 0.4) is 0 Å². The van der Waals surface area contributed by atoms with Crippen molar-refractivity contribution in [1.82, 2.24) is 10.3 Å². The maximum atomic E-state index is 13.5. The van der Waals surface area contributed by atoms with E-state index in [4.69, 9.17) is 10.5 Å². The van der Waals surface area contributed by atoms with Gasteiger partial charge in [-0.1, -0.05) is 33.8 Å². The Labute approximate surface area is 226 Å². The summed E-state index contributed by atoms with van der Waals surface area (Å²) < 4.78 is 5.91. The van der Waals surface area contributed by atoms with Gasteiger partial charge in [0.2, 0.25) is 5.82 Å². The van der Waals surface area contributed by atoms with Crippen LogP contribution in [0.25, 0.3) is 0 Å². The number of amides is 2. The molecule has 3 fully saturated rings. The number of carbonyl (C=O) groups excluding carboxylic acids is 3. The molecule has 0 saturated heterocycles. The fraction of sp³-hybridized carbons (Fsp3) is 0.630. The van der Waals surface area contributed by atoms with E-state index in [2.05, 4.69) is 16.9 Å². The van der Waals surface area contributed by atoms with E-state index in [1.807, 2.05) is 27.7 Å². The van der Waals surface area contributed by atoms with Crippen LogP contribution in [0.1, 0.15) is 63.7 Å². The van der Waals surface area contributed by atoms with Crippen molar-refractivity contribution in [3.8, 4) is 0 Å². The number of alkyl carbamates (subject to hydrolysis) is 1. The average molecular weight is 545 g/mol. The Morgan fingerprint density at radius 3 is 2.59 bits per heavy atom. The zero-order valence-electron chi connectivity index (χ0n) is 22.5. The summed E-state index contributed by atoms with van der Waals surface area (Å²) in [6.07, 6.45) is 0.0977. The number of hydrogen-bond acceptors (Lipinski definition) is 10. The summed E-state index contributed by atoms with van der Waals surface area (Å²) in [7, 11) is 0. The lowest BCUT2D eigenvalue weighted by molar-refractivity contribution is -0.384. The van der Waals surface area contributed by atoms with Crippen LogP contribution in [0.2, 0.25) is 0 Å². The Balaban J connectivity index is 1.71. The number of rotatable bonds is 4. The van der Waals surface area contributed by atoms with Gasteiger partial charge in [-0.25, -0.2) is 9.78 Å². The highest BCUT2D eigenvalue weighted by molar-refractivity contribution is 6.03. The molecular weight excluding hydrogens is 508 g/mol. The van der Waals surface area contributed by atoms with Crippen molar-refractivity contribution in [3.05, 3.63) is 40.6 Å². The van der Waals surface area contributed by atoms with Gasteiger partial charge >= 0.3 is 11.8 Å². The lowest BCUT2D eigenvalue weighted by atomic mass is 9.44. The molecule has 12 heteroatoms. The van der Waals surface area contributed by atoms with E-state index in [0.29, 0.717) is 12.8 Å². The summed E-state index contributed by atoms with van der Waals surface area (Å²) in [6.45, 7) is 11.5. The smallest absolute Gasteiger partial charge is 0.414 e. The average Bonchev–Trinajstić information content (AvgIpc) is 3.15. The maximum absolute atomic E-state index is 13.5. The van der Waals surface area contributed by atoms with Crippen molar-refractivity contribution in [2.75, 3.05) is 5.73 Å². The highest BCUT2D eigenvalue weighted by atomic mass is 16.6. The monoisotopic (exact) mass is 544 g/mol. The number of imide groups is 1. The Kier molecular flexibility index (Phi) is 7.10. The number of aliphatic hydroxyl groups excluding tert-OH is 2. The third-order valence-corrected chi connectivity index (χ3v) is 10.2. The number of pyridine rings is 1. The van der Waals surface area contributed by atoms with Crippen molar-refractivity contribution < 1.29 is 34.3 Å². The van der Waals surface area contributed by atoms with Gasteiger partial charge in [-0.2, -0.15) is 0 Å². The highest BCUT2D eigenvalue weighted by Gasteiger charge is 2.70. The minimum absolute atomic E-state index is 0.0983. The standard InChI is InChI=1S/C27H36N4O8/c1-6-25(4)11-18(39-24(36)30-23(35)15-9-16(31(37)38)22(28)29-12-15)26(5)13(2)7-8-27(14(3)21(25)34)10-17(32)19(33)20(26)27/h6,9,12-14,17-18,20-21,32,34H,1,7-8,10-11H2,2-5H3,(H2,28,29)(H,30,35,36)/t13?,14-,17-,18+,20?,21-,25+,26-,27-/m0/s1. The van der Waals surface area contributed by atoms with Crippen LogP contribution in [0.15, 0.2) is 24.9 Å². The van der Waals surface area contributed by atoms with Crippen molar-refractivity contribution >= 4 is 29.3 Å². The van der Waals surface area contributed by atoms with E-state index < -0.39 is 63.1 Å². The quantitative estimate of drug-likeness (QED) is 0.248. The molecule has 3 aliphatic carbocycles. The van der Waals surface area contributed by atoms with E-state index in [1.165, 1.54) is 0 Å². The van der Waals surface area contributed by atoms with Crippen molar-refractivity contribution in [2.24, 2.45) is 34.0 Å². The molecule has 0 radical (unpaired) electrons. The SMILES string of the molecule is C=C[C@]1(C)C[C@@H](OC(=O)NC(=O)c2cnc(N)c([N+](=O)[O-])c2)[C@]2(C)C(C)CC[C@]3(C[C@H](O)C(=O)C32)[C@@H](C)[C@@H]1O. The van der Waals surface area contributed by atoms with Crippen LogP contribution < -0.4 is 11.1 Å². The number of Topliss-reactive ketones (excluding diaryl/α,β-unsaturated/α-hetero) is 1. The number of aromatic nitrogens is 1. The number of nitrogens with zero attached hydrogens (tertiary/aromatic N) is 2. The Morgan fingerprint density at radius 2 is 1.97 bits per heavy atom. The summed E-state index contributed by atoms with van der Waals surface area (Å²) in [4.78, 5) is 53.4. The molecule has 2 amide bonds. The zero-order valence-corrected chi connectivity index (χ0v) is 22.5. The molecule has 5 N–H and O–H groups in total.